The van der Waals surface area contributed by atoms with Gasteiger partial charge in [-0.05, 0) is 36.4 Å². The molecule has 5 heteroatoms. The van der Waals surface area contributed by atoms with Gasteiger partial charge in [-0.2, -0.15) is 0 Å². The van der Waals surface area contributed by atoms with Crippen molar-refractivity contribution in [1.29, 1.82) is 0 Å². The Morgan fingerprint density at radius 1 is 1.29 bits per heavy atom. The van der Waals surface area contributed by atoms with Crippen molar-refractivity contribution < 1.29 is 9.00 Å². The van der Waals surface area contributed by atoms with Crippen LogP contribution in [0.5, 0.6) is 0 Å². The quantitative estimate of drug-likeness (QED) is 0.889. The molecule has 0 fully saturated rings. The highest BCUT2D eigenvalue weighted by Gasteiger charge is 2.10. The summed E-state index contributed by atoms with van der Waals surface area (Å²) in [6.45, 7) is 4.53. The molecule has 2 rings (SSSR count). The lowest BCUT2D eigenvalue weighted by atomic mass is 10.1. The summed E-state index contributed by atoms with van der Waals surface area (Å²) in [6.07, 6.45) is 0. The number of thiophene rings is 1. The predicted molar refractivity (Wildman–Crippen MR) is 88.8 cm³/mol. The maximum atomic E-state index is 12.1. The number of benzene rings is 1. The highest BCUT2D eigenvalue weighted by molar-refractivity contribution is 7.84. The summed E-state index contributed by atoms with van der Waals surface area (Å²) >= 11 is 1.60. The first-order valence-electron chi connectivity index (χ1n) is 6.75. The van der Waals surface area contributed by atoms with Crippen LogP contribution in [0, 0.1) is 13.8 Å². The van der Waals surface area contributed by atoms with Crippen molar-refractivity contribution in [2.24, 2.45) is 0 Å². The molecule has 0 saturated heterocycles. The molecule has 1 aromatic heterocycles. The highest BCUT2D eigenvalue weighted by Crippen LogP contribution is 2.13. The Kier molecular flexibility index (Phi) is 5.70. The van der Waals surface area contributed by atoms with E-state index in [1.165, 1.54) is 0 Å². The molecule has 1 heterocycles. The Hall–Kier alpha value is -1.46. The number of amides is 1. The number of carbonyl (C=O) groups is 1. The van der Waals surface area contributed by atoms with Crippen molar-refractivity contribution >= 4 is 28.0 Å². The van der Waals surface area contributed by atoms with E-state index in [0.717, 1.165) is 21.6 Å². The minimum atomic E-state index is -1.18. The van der Waals surface area contributed by atoms with E-state index in [9.17, 15) is 9.00 Å². The van der Waals surface area contributed by atoms with Crippen LogP contribution in [0.25, 0.3) is 0 Å². The number of nitrogens with one attached hydrogen (secondary N) is 1. The molecule has 2 aromatic rings. The zero-order valence-corrected chi connectivity index (χ0v) is 13.9. The van der Waals surface area contributed by atoms with E-state index < -0.39 is 10.8 Å². The molecule has 0 aliphatic carbocycles. The number of aryl methyl sites for hydroxylation is 2. The van der Waals surface area contributed by atoms with Crippen molar-refractivity contribution in [3.63, 3.8) is 0 Å². The minimum absolute atomic E-state index is 0.0543. The summed E-state index contributed by atoms with van der Waals surface area (Å²) in [7, 11) is -1.18. The van der Waals surface area contributed by atoms with Crippen LogP contribution < -0.4 is 5.32 Å². The molecule has 0 spiro atoms. The second-order valence-corrected chi connectivity index (χ2v) is 7.50. The van der Waals surface area contributed by atoms with Crippen molar-refractivity contribution in [1.82, 2.24) is 5.32 Å². The summed E-state index contributed by atoms with van der Waals surface area (Å²) in [6, 6.07) is 10.0. The van der Waals surface area contributed by atoms with E-state index in [-0.39, 0.29) is 11.7 Å². The van der Waals surface area contributed by atoms with Crippen molar-refractivity contribution in [2.45, 2.75) is 26.1 Å². The average molecular weight is 321 g/mol. The normalized spacial score (nSPS) is 12.1. The van der Waals surface area contributed by atoms with Gasteiger partial charge in [-0.15, -0.1) is 11.3 Å². The largest absolute Gasteiger partial charge is 0.350 e. The van der Waals surface area contributed by atoms with E-state index in [2.05, 4.69) is 5.32 Å². The minimum Gasteiger partial charge on any atom is -0.350 e. The van der Waals surface area contributed by atoms with E-state index in [1.807, 2.05) is 49.6 Å². The van der Waals surface area contributed by atoms with Crippen LogP contribution in [0.4, 0.5) is 0 Å². The fourth-order valence-corrected chi connectivity index (χ4v) is 3.78. The number of carbonyl (C=O) groups excluding carboxylic acids is 1. The smallest absolute Gasteiger partial charge is 0.232 e. The molecule has 112 valence electrons. The summed E-state index contributed by atoms with van der Waals surface area (Å²) in [5.74, 6) is 0.325. The van der Waals surface area contributed by atoms with Gasteiger partial charge in [-0.3, -0.25) is 9.00 Å². The molecule has 0 aliphatic heterocycles. The van der Waals surface area contributed by atoms with E-state index >= 15 is 0 Å². The molecular formula is C16H19NO2S2. The van der Waals surface area contributed by atoms with Gasteiger partial charge in [0, 0.05) is 21.4 Å². The van der Waals surface area contributed by atoms with E-state index in [1.54, 1.807) is 11.3 Å². The second-order valence-electron chi connectivity index (χ2n) is 5.01. The van der Waals surface area contributed by atoms with Crippen LogP contribution in [-0.4, -0.2) is 15.9 Å². The van der Waals surface area contributed by atoms with Crippen LogP contribution in [-0.2, 0) is 27.9 Å². The van der Waals surface area contributed by atoms with Crippen molar-refractivity contribution in [3.8, 4) is 0 Å². The van der Waals surface area contributed by atoms with Crippen molar-refractivity contribution in [3.05, 3.63) is 57.3 Å². The van der Waals surface area contributed by atoms with Gasteiger partial charge < -0.3 is 5.32 Å². The number of hydrogen-bond donors (Lipinski definition) is 1. The summed E-state index contributed by atoms with van der Waals surface area (Å²) in [5.41, 5.74) is 3.32. The molecular weight excluding hydrogens is 302 g/mol. The molecule has 0 bridgehead atoms. The fourth-order valence-electron chi connectivity index (χ4n) is 1.98. The zero-order valence-electron chi connectivity index (χ0n) is 12.2. The maximum Gasteiger partial charge on any atom is 0.232 e. The molecule has 1 atom stereocenters. The Bertz CT molecular complexity index is 636. The summed E-state index contributed by atoms with van der Waals surface area (Å²) in [4.78, 5) is 12.9. The molecule has 3 nitrogen and oxygen atoms in total. The van der Waals surface area contributed by atoms with Gasteiger partial charge in [0.05, 0.1) is 6.54 Å². The van der Waals surface area contributed by atoms with E-state index in [0.29, 0.717) is 12.3 Å². The van der Waals surface area contributed by atoms with Crippen LogP contribution >= 0.6 is 11.3 Å². The predicted octanol–water partition coefficient (Wildman–Crippen LogP) is 2.93. The van der Waals surface area contributed by atoms with Gasteiger partial charge in [0.25, 0.3) is 0 Å². The Morgan fingerprint density at radius 3 is 2.81 bits per heavy atom. The monoisotopic (exact) mass is 321 g/mol. The van der Waals surface area contributed by atoms with Gasteiger partial charge >= 0.3 is 0 Å². The topological polar surface area (TPSA) is 46.2 Å². The SMILES string of the molecule is Cc1ccc(C)c(C[S@@](=O)CC(=O)NCc2cccs2)c1. The number of rotatable bonds is 6. The van der Waals surface area contributed by atoms with Crippen LogP contribution in [0.2, 0.25) is 0 Å². The molecule has 1 aromatic carbocycles. The van der Waals surface area contributed by atoms with Gasteiger partial charge in [-0.1, -0.05) is 29.8 Å². The molecule has 1 N–H and O–H groups in total. The van der Waals surface area contributed by atoms with Gasteiger partial charge in [0.15, 0.2) is 0 Å². The fraction of sp³-hybridized carbons (Fsp3) is 0.312. The molecule has 0 radical (unpaired) electrons. The number of hydrogen-bond acceptors (Lipinski definition) is 3. The van der Waals surface area contributed by atoms with Crippen LogP contribution in [0.1, 0.15) is 21.6 Å². The lowest BCUT2D eigenvalue weighted by molar-refractivity contribution is -0.118. The van der Waals surface area contributed by atoms with Gasteiger partial charge in [0.2, 0.25) is 5.91 Å². The first-order chi connectivity index (χ1) is 10.0. The van der Waals surface area contributed by atoms with Crippen molar-refractivity contribution in [2.75, 3.05) is 5.75 Å². The average Bonchev–Trinajstić information content (AvgIpc) is 2.94. The second kappa shape index (κ2) is 7.52. The first-order valence-corrected chi connectivity index (χ1v) is 9.11. The summed E-state index contributed by atoms with van der Waals surface area (Å²) in [5, 5.41) is 4.78. The third-order valence-electron chi connectivity index (χ3n) is 3.15. The Labute approximate surface area is 131 Å². The zero-order chi connectivity index (χ0) is 15.2. The standard InChI is InChI=1S/C16H19NO2S2/c1-12-5-6-13(2)14(8-12)10-21(19)11-16(18)17-9-15-4-3-7-20-15/h3-8H,9-11H2,1-2H3,(H,17,18)/t21-/m1/s1. The Morgan fingerprint density at radius 2 is 2.10 bits per heavy atom. The lowest BCUT2D eigenvalue weighted by Gasteiger charge is -2.07. The Balaban J connectivity index is 1.83. The molecule has 21 heavy (non-hydrogen) atoms. The van der Waals surface area contributed by atoms with Crippen LogP contribution in [0.3, 0.4) is 0 Å². The molecule has 1 amide bonds. The van der Waals surface area contributed by atoms with Gasteiger partial charge in [-0.25, -0.2) is 0 Å². The molecule has 0 saturated carbocycles. The lowest BCUT2D eigenvalue weighted by Crippen LogP contribution is -2.28. The third-order valence-corrected chi connectivity index (χ3v) is 5.25. The van der Waals surface area contributed by atoms with Gasteiger partial charge in [0.1, 0.15) is 5.75 Å². The highest BCUT2D eigenvalue weighted by atomic mass is 32.2. The van der Waals surface area contributed by atoms with Crippen LogP contribution in [0.15, 0.2) is 35.7 Å². The third kappa shape index (κ3) is 5.10. The summed E-state index contributed by atoms with van der Waals surface area (Å²) < 4.78 is 12.1. The first kappa shape index (κ1) is 15.9. The molecule has 0 unspecified atom stereocenters. The molecule has 0 aliphatic rings. The maximum absolute atomic E-state index is 12.1. The van der Waals surface area contributed by atoms with E-state index in [4.69, 9.17) is 0 Å².